The Hall–Kier alpha value is -1.98. The largest absolute Gasteiger partial charge is 0.489 e. The molecule has 2 N–H and O–H groups in total. The number of nitrogen functional groups attached to an aromatic ring is 1. The molecule has 2 aromatic rings. The van der Waals surface area contributed by atoms with Crippen molar-refractivity contribution in [1.29, 1.82) is 0 Å². The maximum absolute atomic E-state index is 10.8. The molecule has 0 aliphatic heterocycles. The molecule has 20 heavy (non-hydrogen) atoms. The highest BCUT2D eigenvalue weighted by Crippen LogP contribution is 2.28. The number of ether oxygens (including phenoxy) is 1. The van der Waals surface area contributed by atoms with E-state index in [1.54, 1.807) is 30.3 Å². The average molecular weight is 313 g/mol. The zero-order valence-electron chi connectivity index (χ0n) is 10.2. The number of nitro benzene ring substituents is 1. The standard InChI is InChI=1S/C13H10Cl2N2O3/c14-9-4-10(15)6-11(5-9)20-7-8-2-1-3-12(13(8)16)17(18)19/h1-6H,7,16H2. The molecule has 0 aromatic heterocycles. The second-order valence-electron chi connectivity index (χ2n) is 4.00. The number of para-hydroxylation sites is 1. The van der Waals surface area contributed by atoms with E-state index in [1.165, 1.54) is 6.07 Å². The fraction of sp³-hybridized carbons (Fsp3) is 0.0769. The topological polar surface area (TPSA) is 78.4 Å². The number of hydrogen-bond donors (Lipinski definition) is 1. The Morgan fingerprint density at radius 3 is 2.45 bits per heavy atom. The van der Waals surface area contributed by atoms with Crippen LogP contribution in [-0.2, 0) is 6.61 Å². The summed E-state index contributed by atoms with van der Waals surface area (Å²) in [5, 5.41) is 11.7. The van der Waals surface area contributed by atoms with E-state index in [0.29, 0.717) is 21.4 Å². The molecule has 0 saturated carbocycles. The van der Waals surface area contributed by atoms with Gasteiger partial charge in [0.25, 0.3) is 5.69 Å². The second kappa shape index (κ2) is 5.98. The minimum absolute atomic E-state index is 0.0875. The highest BCUT2D eigenvalue weighted by molar-refractivity contribution is 6.34. The quantitative estimate of drug-likeness (QED) is 0.524. The molecule has 5 nitrogen and oxygen atoms in total. The van der Waals surface area contributed by atoms with E-state index in [9.17, 15) is 10.1 Å². The predicted molar refractivity (Wildman–Crippen MR) is 78.3 cm³/mol. The van der Waals surface area contributed by atoms with Gasteiger partial charge < -0.3 is 10.5 Å². The van der Waals surface area contributed by atoms with E-state index >= 15 is 0 Å². The van der Waals surface area contributed by atoms with Crippen molar-refractivity contribution in [2.24, 2.45) is 0 Å². The van der Waals surface area contributed by atoms with E-state index in [2.05, 4.69) is 0 Å². The number of halogens is 2. The highest BCUT2D eigenvalue weighted by Gasteiger charge is 2.14. The van der Waals surface area contributed by atoms with Crippen molar-refractivity contribution < 1.29 is 9.66 Å². The molecule has 0 bridgehead atoms. The van der Waals surface area contributed by atoms with E-state index in [0.717, 1.165) is 0 Å². The zero-order chi connectivity index (χ0) is 14.7. The van der Waals surface area contributed by atoms with Gasteiger partial charge in [-0.15, -0.1) is 0 Å². The molecule has 0 atom stereocenters. The Morgan fingerprint density at radius 1 is 1.20 bits per heavy atom. The summed E-state index contributed by atoms with van der Waals surface area (Å²) in [5.41, 5.74) is 6.20. The fourth-order valence-electron chi connectivity index (χ4n) is 1.66. The van der Waals surface area contributed by atoms with E-state index in [-0.39, 0.29) is 18.0 Å². The van der Waals surface area contributed by atoms with Crippen LogP contribution >= 0.6 is 23.2 Å². The normalized spacial score (nSPS) is 10.3. The van der Waals surface area contributed by atoms with Gasteiger partial charge >= 0.3 is 0 Å². The van der Waals surface area contributed by atoms with Crippen LogP contribution in [-0.4, -0.2) is 4.92 Å². The van der Waals surface area contributed by atoms with Crippen molar-refractivity contribution in [2.75, 3.05) is 5.73 Å². The molecule has 104 valence electrons. The number of nitrogens with zero attached hydrogens (tertiary/aromatic N) is 1. The zero-order valence-corrected chi connectivity index (χ0v) is 11.7. The van der Waals surface area contributed by atoms with Gasteiger partial charge in [-0.2, -0.15) is 0 Å². The molecule has 0 heterocycles. The minimum Gasteiger partial charge on any atom is -0.489 e. The lowest BCUT2D eigenvalue weighted by Crippen LogP contribution is -2.03. The van der Waals surface area contributed by atoms with Crippen LogP contribution in [0.2, 0.25) is 10.0 Å². The molecular weight excluding hydrogens is 303 g/mol. The Balaban J connectivity index is 2.19. The minimum atomic E-state index is -0.533. The second-order valence-corrected chi connectivity index (χ2v) is 4.87. The number of nitrogens with two attached hydrogens (primary N) is 1. The summed E-state index contributed by atoms with van der Waals surface area (Å²) in [6.07, 6.45) is 0. The third-order valence-electron chi connectivity index (χ3n) is 2.60. The first-order valence-electron chi connectivity index (χ1n) is 5.58. The maximum atomic E-state index is 10.8. The lowest BCUT2D eigenvalue weighted by molar-refractivity contribution is -0.384. The summed E-state index contributed by atoms with van der Waals surface area (Å²) in [4.78, 5) is 10.3. The molecule has 0 aliphatic rings. The summed E-state index contributed by atoms with van der Waals surface area (Å²) in [6, 6.07) is 9.33. The molecule has 0 radical (unpaired) electrons. The van der Waals surface area contributed by atoms with Crippen LogP contribution in [0.4, 0.5) is 11.4 Å². The van der Waals surface area contributed by atoms with Gasteiger partial charge in [-0.1, -0.05) is 35.3 Å². The van der Waals surface area contributed by atoms with Gasteiger partial charge in [0.15, 0.2) is 0 Å². The Labute approximate surface area is 125 Å². The number of benzene rings is 2. The van der Waals surface area contributed by atoms with Crippen LogP contribution in [0.15, 0.2) is 36.4 Å². The average Bonchev–Trinajstić information content (AvgIpc) is 2.36. The fourth-order valence-corrected chi connectivity index (χ4v) is 2.16. The molecule has 0 saturated heterocycles. The van der Waals surface area contributed by atoms with Crippen LogP contribution < -0.4 is 10.5 Å². The smallest absolute Gasteiger partial charge is 0.292 e. The van der Waals surface area contributed by atoms with Gasteiger partial charge in [-0.05, 0) is 18.2 Å². The number of anilines is 1. The summed E-state index contributed by atoms with van der Waals surface area (Å²) in [6.45, 7) is 0.0875. The van der Waals surface area contributed by atoms with Crippen molar-refractivity contribution in [3.8, 4) is 5.75 Å². The first-order chi connectivity index (χ1) is 9.47. The van der Waals surface area contributed by atoms with Gasteiger partial charge in [0.05, 0.1) is 4.92 Å². The Bertz CT molecular complexity index is 642. The van der Waals surface area contributed by atoms with Crippen LogP contribution in [0, 0.1) is 10.1 Å². The van der Waals surface area contributed by atoms with Crippen LogP contribution in [0.25, 0.3) is 0 Å². The summed E-state index contributed by atoms with van der Waals surface area (Å²) < 4.78 is 5.50. The number of nitro groups is 1. The van der Waals surface area contributed by atoms with E-state index in [4.69, 9.17) is 33.7 Å². The first-order valence-corrected chi connectivity index (χ1v) is 6.33. The number of hydrogen-bond acceptors (Lipinski definition) is 4. The summed E-state index contributed by atoms with van der Waals surface area (Å²) in [7, 11) is 0. The van der Waals surface area contributed by atoms with E-state index in [1.807, 2.05) is 0 Å². The van der Waals surface area contributed by atoms with Gasteiger partial charge in [-0.25, -0.2) is 0 Å². The molecule has 2 rings (SSSR count). The maximum Gasteiger partial charge on any atom is 0.292 e. The van der Waals surface area contributed by atoms with Crippen molar-refractivity contribution in [3.63, 3.8) is 0 Å². The molecule has 2 aromatic carbocycles. The van der Waals surface area contributed by atoms with Gasteiger partial charge in [-0.3, -0.25) is 10.1 Å². The van der Waals surface area contributed by atoms with Crippen molar-refractivity contribution in [3.05, 3.63) is 62.1 Å². The highest BCUT2D eigenvalue weighted by atomic mass is 35.5. The number of rotatable bonds is 4. The van der Waals surface area contributed by atoms with Crippen molar-refractivity contribution in [2.45, 2.75) is 6.61 Å². The summed E-state index contributed by atoms with van der Waals surface area (Å²) >= 11 is 11.7. The molecule has 0 fully saturated rings. The Morgan fingerprint density at radius 2 is 1.85 bits per heavy atom. The Kier molecular flexibility index (Phi) is 4.32. The van der Waals surface area contributed by atoms with Gasteiger partial charge in [0, 0.05) is 21.7 Å². The lowest BCUT2D eigenvalue weighted by Gasteiger charge is -2.09. The predicted octanol–water partition coefficient (Wildman–Crippen LogP) is 4.06. The van der Waals surface area contributed by atoms with Crippen LogP contribution in [0.3, 0.4) is 0 Å². The third-order valence-corrected chi connectivity index (χ3v) is 3.04. The SMILES string of the molecule is Nc1c(COc2cc(Cl)cc(Cl)c2)cccc1[N+](=O)[O-]. The first kappa shape index (κ1) is 14.4. The van der Waals surface area contributed by atoms with Gasteiger partial charge in [0.2, 0.25) is 0 Å². The van der Waals surface area contributed by atoms with Crippen LogP contribution in [0.1, 0.15) is 5.56 Å². The van der Waals surface area contributed by atoms with Crippen LogP contribution in [0.5, 0.6) is 5.75 Å². The molecule has 7 heteroatoms. The molecule has 0 amide bonds. The third kappa shape index (κ3) is 3.31. The molecule has 0 spiro atoms. The lowest BCUT2D eigenvalue weighted by atomic mass is 10.1. The van der Waals surface area contributed by atoms with Crippen molar-refractivity contribution >= 4 is 34.6 Å². The van der Waals surface area contributed by atoms with Gasteiger partial charge in [0.1, 0.15) is 18.0 Å². The monoisotopic (exact) mass is 312 g/mol. The van der Waals surface area contributed by atoms with E-state index < -0.39 is 4.92 Å². The molecule has 0 aliphatic carbocycles. The summed E-state index contributed by atoms with van der Waals surface area (Å²) in [5.74, 6) is 0.466. The molecule has 0 unspecified atom stereocenters. The van der Waals surface area contributed by atoms with Crippen molar-refractivity contribution in [1.82, 2.24) is 0 Å². The molecular formula is C13H10Cl2N2O3.